The van der Waals surface area contributed by atoms with Crippen molar-refractivity contribution >= 4 is 34.7 Å². The number of aromatic nitrogens is 1. The largest absolute Gasteiger partial charge is 0.507 e. The Kier molecular flexibility index (Phi) is 6.47. The minimum atomic E-state index is -0.902. The molecule has 6 nitrogen and oxygen atoms in total. The first-order valence-corrected chi connectivity index (χ1v) is 11.0. The van der Waals surface area contributed by atoms with Gasteiger partial charge in [0.1, 0.15) is 17.6 Å². The zero-order valence-corrected chi connectivity index (χ0v) is 19.0. The van der Waals surface area contributed by atoms with Gasteiger partial charge in [-0.1, -0.05) is 30.7 Å². The summed E-state index contributed by atoms with van der Waals surface area (Å²) in [6.07, 6.45) is 2.45. The molecule has 1 N–H and O–H groups in total. The number of ether oxygens (including phenoxy) is 1. The summed E-state index contributed by atoms with van der Waals surface area (Å²) in [5.74, 6) is -1.16. The first-order chi connectivity index (χ1) is 15.9. The molecule has 0 bridgehead atoms. The van der Waals surface area contributed by atoms with E-state index in [1.165, 1.54) is 4.90 Å². The number of carbonyl (C=O) groups excluding carboxylic acids is 2. The van der Waals surface area contributed by atoms with Crippen molar-refractivity contribution in [3.8, 4) is 5.75 Å². The van der Waals surface area contributed by atoms with Gasteiger partial charge in [-0.15, -0.1) is 0 Å². The summed E-state index contributed by atoms with van der Waals surface area (Å²) in [6, 6.07) is 16.2. The second kappa shape index (κ2) is 9.46. The number of amides is 1. The normalized spacial score (nSPS) is 17.4. The van der Waals surface area contributed by atoms with Crippen molar-refractivity contribution in [1.82, 2.24) is 4.98 Å². The molecular formula is C26H23ClN2O4. The maximum absolute atomic E-state index is 13.2. The molecule has 1 amide bonds. The van der Waals surface area contributed by atoms with Gasteiger partial charge in [0.15, 0.2) is 0 Å². The number of benzene rings is 2. The van der Waals surface area contributed by atoms with Crippen molar-refractivity contribution in [1.29, 1.82) is 0 Å². The number of ketones is 1. The van der Waals surface area contributed by atoms with Crippen LogP contribution in [0.15, 0.2) is 72.4 Å². The number of Topliss-reactive ketones (excluding diaryl/α,β-unsaturated/α-hetero) is 1. The van der Waals surface area contributed by atoms with Crippen LogP contribution in [0.2, 0.25) is 5.02 Å². The monoisotopic (exact) mass is 462 g/mol. The van der Waals surface area contributed by atoms with Crippen LogP contribution in [-0.4, -0.2) is 28.4 Å². The minimum absolute atomic E-state index is 0.0300. The van der Waals surface area contributed by atoms with Gasteiger partial charge in [-0.05, 0) is 67.4 Å². The minimum Gasteiger partial charge on any atom is -0.507 e. The molecule has 1 aliphatic rings. The van der Waals surface area contributed by atoms with Crippen LogP contribution in [0.4, 0.5) is 5.69 Å². The SMILES string of the molecule is CCCOc1ccc(/C(O)=C2\C(=O)C(=O)N(c3ccc(C)c(Cl)c3)C2c2ccccn2)cc1. The van der Waals surface area contributed by atoms with E-state index >= 15 is 0 Å². The number of aliphatic hydroxyl groups is 1. The molecule has 2 heterocycles. The Balaban J connectivity index is 1.84. The Bertz CT molecular complexity index is 1220. The number of rotatable bonds is 6. The second-order valence-corrected chi connectivity index (χ2v) is 8.14. The van der Waals surface area contributed by atoms with Gasteiger partial charge in [-0.2, -0.15) is 0 Å². The second-order valence-electron chi connectivity index (χ2n) is 7.73. The highest BCUT2D eigenvalue weighted by Gasteiger charge is 2.47. The van der Waals surface area contributed by atoms with E-state index in [1.807, 2.05) is 13.8 Å². The molecular weight excluding hydrogens is 440 g/mol. The summed E-state index contributed by atoms with van der Waals surface area (Å²) < 4.78 is 5.59. The summed E-state index contributed by atoms with van der Waals surface area (Å²) >= 11 is 6.30. The summed E-state index contributed by atoms with van der Waals surface area (Å²) in [7, 11) is 0. The van der Waals surface area contributed by atoms with Crippen LogP contribution >= 0.6 is 11.6 Å². The summed E-state index contributed by atoms with van der Waals surface area (Å²) in [5, 5.41) is 11.6. The quantitative estimate of drug-likeness (QED) is 0.299. The highest BCUT2D eigenvalue weighted by Crippen LogP contribution is 2.42. The van der Waals surface area contributed by atoms with E-state index in [0.29, 0.717) is 34.3 Å². The van der Waals surface area contributed by atoms with Gasteiger partial charge < -0.3 is 9.84 Å². The fourth-order valence-electron chi connectivity index (χ4n) is 3.73. The van der Waals surface area contributed by atoms with Crippen molar-refractivity contribution in [2.24, 2.45) is 0 Å². The van der Waals surface area contributed by atoms with E-state index in [1.54, 1.807) is 66.9 Å². The number of halogens is 1. The van der Waals surface area contributed by atoms with Gasteiger partial charge in [0, 0.05) is 22.5 Å². The van der Waals surface area contributed by atoms with Crippen LogP contribution in [0.25, 0.3) is 5.76 Å². The highest BCUT2D eigenvalue weighted by atomic mass is 35.5. The topological polar surface area (TPSA) is 79.7 Å². The number of aryl methyl sites for hydroxylation is 1. The number of anilines is 1. The first-order valence-electron chi connectivity index (χ1n) is 10.6. The molecule has 1 aliphatic heterocycles. The van der Waals surface area contributed by atoms with E-state index in [9.17, 15) is 14.7 Å². The average Bonchev–Trinajstić information content (AvgIpc) is 3.10. The lowest BCUT2D eigenvalue weighted by Crippen LogP contribution is -2.29. The predicted molar refractivity (Wildman–Crippen MR) is 127 cm³/mol. The zero-order chi connectivity index (χ0) is 23.5. The molecule has 1 unspecified atom stereocenters. The van der Waals surface area contributed by atoms with Gasteiger partial charge in [-0.3, -0.25) is 19.5 Å². The average molecular weight is 463 g/mol. The molecule has 0 spiro atoms. The number of pyridine rings is 1. The molecule has 7 heteroatoms. The van der Waals surface area contributed by atoms with Crippen molar-refractivity contribution in [3.05, 3.63) is 94.3 Å². The van der Waals surface area contributed by atoms with E-state index < -0.39 is 17.7 Å². The summed E-state index contributed by atoms with van der Waals surface area (Å²) in [5.41, 5.74) is 2.12. The number of carbonyl (C=O) groups is 2. The molecule has 0 saturated carbocycles. The molecule has 0 radical (unpaired) electrons. The standard InChI is InChI=1S/C26H23ClN2O4/c1-3-14-33-19-11-8-17(9-12-19)24(30)22-23(21-6-4-5-13-28-21)29(26(32)25(22)31)18-10-7-16(2)20(27)15-18/h4-13,15,23,30H,3,14H2,1-2H3/b24-22+. The fraction of sp³-hybridized carbons (Fsp3) is 0.192. The zero-order valence-electron chi connectivity index (χ0n) is 18.3. The van der Waals surface area contributed by atoms with Gasteiger partial charge in [0.05, 0.1) is 17.9 Å². The van der Waals surface area contributed by atoms with Gasteiger partial charge in [0.25, 0.3) is 11.7 Å². The third-order valence-electron chi connectivity index (χ3n) is 5.45. The Morgan fingerprint density at radius 1 is 1.12 bits per heavy atom. The van der Waals surface area contributed by atoms with Gasteiger partial charge in [-0.25, -0.2) is 0 Å². The van der Waals surface area contributed by atoms with Crippen LogP contribution < -0.4 is 9.64 Å². The maximum Gasteiger partial charge on any atom is 0.300 e. The lowest BCUT2D eigenvalue weighted by molar-refractivity contribution is -0.132. The lowest BCUT2D eigenvalue weighted by Gasteiger charge is -2.25. The summed E-state index contributed by atoms with van der Waals surface area (Å²) in [6.45, 7) is 4.44. The predicted octanol–water partition coefficient (Wildman–Crippen LogP) is 5.46. The molecule has 1 fully saturated rings. The molecule has 0 aliphatic carbocycles. The summed E-state index contributed by atoms with van der Waals surface area (Å²) in [4.78, 5) is 32.0. The molecule has 1 atom stereocenters. The number of nitrogens with zero attached hydrogens (tertiary/aromatic N) is 2. The molecule has 2 aromatic carbocycles. The van der Waals surface area contributed by atoms with E-state index in [2.05, 4.69) is 4.98 Å². The van der Waals surface area contributed by atoms with Crippen molar-refractivity contribution in [2.75, 3.05) is 11.5 Å². The number of hydrogen-bond donors (Lipinski definition) is 1. The van der Waals surface area contributed by atoms with Crippen LogP contribution in [0, 0.1) is 6.92 Å². The van der Waals surface area contributed by atoms with E-state index in [4.69, 9.17) is 16.3 Å². The van der Waals surface area contributed by atoms with Crippen LogP contribution in [0.5, 0.6) is 5.75 Å². The molecule has 4 rings (SSSR count). The van der Waals surface area contributed by atoms with Gasteiger partial charge >= 0.3 is 0 Å². The molecule has 3 aromatic rings. The van der Waals surface area contributed by atoms with Crippen molar-refractivity contribution < 1.29 is 19.4 Å². The lowest BCUT2D eigenvalue weighted by atomic mass is 9.98. The third-order valence-corrected chi connectivity index (χ3v) is 5.85. The third kappa shape index (κ3) is 4.34. The van der Waals surface area contributed by atoms with Crippen molar-refractivity contribution in [2.45, 2.75) is 26.3 Å². The molecule has 33 heavy (non-hydrogen) atoms. The van der Waals surface area contributed by atoms with Crippen LogP contribution in [0.3, 0.4) is 0 Å². The Morgan fingerprint density at radius 2 is 1.88 bits per heavy atom. The molecule has 168 valence electrons. The Hall–Kier alpha value is -3.64. The van der Waals surface area contributed by atoms with E-state index in [-0.39, 0.29) is 11.3 Å². The fourth-order valence-corrected chi connectivity index (χ4v) is 3.91. The van der Waals surface area contributed by atoms with E-state index in [0.717, 1.165) is 12.0 Å². The van der Waals surface area contributed by atoms with Crippen LogP contribution in [-0.2, 0) is 9.59 Å². The first kappa shape index (κ1) is 22.6. The molecule has 1 aromatic heterocycles. The Labute approximate surface area is 197 Å². The van der Waals surface area contributed by atoms with Crippen LogP contribution in [0.1, 0.15) is 36.2 Å². The number of aliphatic hydroxyl groups excluding tert-OH is 1. The highest BCUT2D eigenvalue weighted by molar-refractivity contribution is 6.51. The molecule has 1 saturated heterocycles. The Morgan fingerprint density at radius 3 is 2.52 bits per heavy atom. The van der Waals surface area contributed by atoms with Gasteiger partial charge in [0.2, 0.25) is 0 Å². The smallest absolute Gasteiger partial charge is 0.300 e. The van der Waals surface area contributed by atoms with Crippen molar-refractivity contribution in [3.63, 3.8) is 0 Å². The number of hydrogen-bond acceptors (Lipinski definition) is 5. The maximum atomic E-state index is 13.2.